The summed E-state index contributed by atoms with van der Waals surface area (Å²) in [7, 11) is 0. The number of benzene rings is 2. The molecule has 0 spiro atoms. The van der Waals surface area contributed by atoms with Crippen molar-refractivity contribution in [1.82, 2.24) is 10.3 Å². The first kappa shape index (κ1) is 22.0. The molecule has 0 unspecified atom stereocenters. The number of hydrogen-bond donors (Lipinski definition) is 3. The molecule has 3 N–H and O–H groups in total. The van der Waals surface area contributed by atoms with Gasteiger partial charge in [-0.15, -0.1) is 0 Å². The largest absolute Gasteiger partial charge is 0.430 e. The van der Waals surface area contributed by atoms with Crippen LogP contribution in [0.2, 0.25) is 0 Å². The molecule has 168 valence electrons. The number of carbonyl (C=O) groups is 2. The molecule has 1 aromatic heterocycles. The normalized spacial score (nSPS) is 21.3. The Hall–Kier alpha value is -3.25. The molecule has 2 heterocycles. The summed E-state index contributed by atoms with van der Waals surface area (Å²) in [5.74, 6) is -1.75. The number of nitrogens with zero attached hydrogens (tertiary/aromatic N) is 1. The summed E-state index contributed by atoms with van der Waals surface area (Å²) in [4.78, 5) is 28.7. The first-order valence-corrected chi connectivity index (χ1v) is 10.2. The maximum Gasteiger partial charge on any atom is 0.430 e. The number of rotatable bonds is 3. The molecule has 0 radical (unpaired) electrons. The zero-order valence-electron chi connectivity index (χ0n) is 16.4. The van der Waals surface area contributed by atoms with Crippen molar-refractivity contribution < 1.29 is 31.9 Å². The lowest BCUT2D eigenvalue weighted by atomic mass is 9.90. The van der Waals surface area contributed by atoms with Crippen molar-refractivity contribution in [2.45, 2.75) is 24.7 Å². The third kappa shape index (κ3) is 3.98. The fourth-order valence-electron chi connectivity index (χ4n) is 3.26. The molecule has 4 rings (SSSR count). The Balaban J connectivity index is 1.60. The molecule has 32 heavy (non-hydrogen) atoms. The second-order valence-electron chi connectivity index (χ2n) is 7.15. The average Bonchev–Trinajstić information content (AvgIpc) is 3.10. The molecule has 0 bridgehead atoms. The number of hydrogen-bond acceptors (Lipinski definition) is 5. The molecule has 3 aromatic rings. The van der Waals surface area contributed by atoms with E-state index in [4.69, 9.17) is 4.74 Å². The molecule has 0 aliphatic carbocycles. The van der Waals surface area contributed by atoms with Crippen LogP contribution in [0.1, 0.15) is 12.5 Å². The summed E-state index contributed by atoms with van der Waals surface area (Å²) >= 11 is 0.930. The summed E-state index contributed by atoms with van der Waals surface area (Å²) in [5.41, 5.74) is -2.84. The number of urea groups is 1. The van der Waals surface area contributed by atoms with E-state index < -0.39 is 35.6 Å². The van der Waals surface area contributed by atoms with Crippen LogP contribution in [0.15, 0.2) is 42.5 Å². The van der Waals surface area contributed by atoms with E-state index in [1.165, 1.54) is 36.4 Å². The molecule has 1 aliphatic rings. The van der Waals surface area contributed by atoms with Gasteiger partial charge in [0.2, 0.25) is 0 Å². The number of ether oxygens (including phenoxy) is 1. The Bertz CT molecular complexity index is 1180. The van der Waals surface area contributed by atoms with E-state index in [9.17, 15) is 27.2 Å². The van der Waals surface area contributed by atoms with Crippen LogP contribution in [-0.2, 0) is 15.1 Å². The topological polar surface area (TPSA) is 92.3 Å². The minimum atomic E-state index is -4.99. The van der Waals surface area contributed by atoms with Crippen LogP contribution in [0.4, 0.5) is 33.2 Å². The first-order chi connectivity index (χ1) is 15.1. The highest BCUT2D eigenvalue weighted by molar-refractivity contribution is 7.22. The minimum absolute atomic E-state index is 0.125. The van der Waals surface area contributed by atoms with Crippen molar-refractivity contribution in [3.63, 3.8) is 0 Å². The van der Waals surface area contributed by atoms with Gasteiger partial charge in [0.05, 0.1) is 16.8 Å². The Morgan fingerprint density at radius 3 is 2.59 bits per heavy atom. The Kier molecular flexibility index (Phi) is 5.51. The number of morpholine rings is 1. The van der Waals surface area contributed by atoms with Crippen molar-refractivity contribution in [3.05, 3.63) is 53.8 Å². The fourth-order valence-corrected chi connectivity index (χ4v) is 4.16. The molecule has 3 amide bonds. The van der Waals surface area contributed by atoms with Crippen molar-refractivity contribution in [3.8, 4) is 0 Å². The quantitative estimate of drug-likeness (QED) is 0.498. The van der Waals surface area contributed by atoms with Crippen LogP contribution >= 0.6 is 11.3 Å². The second-order valence-corrected chi connectivity index (χ2v) is 8.18. The van der Waals surface area contributed by atoms with Crippen molar-refractivity contribution in [2.24, 2.45) is 0 Å². The van der Waals surface area contributed by atoms with Gasteiger partial charge in [0.15, 0.2) is 5.13 Å². The molecule has 1 saturated heterocycles. The van der Waals surface area contributed by atoms with E-state index in [2.05, 4.69) is 20.9 Å². The van der Waals surface area contributed by atoms with Gasteiger partial charge in [-0.1, -0.05) is 17.4 Å². The van der Waals surface area contributed by atoms with Crippen LogP contribution in [0, 0.1) is 5.82 Å². The van der Waals surface area contributed by atoms with Crippen molar-refractivity contribution in [2.75, 3.05) is 17.2 Å². The van der Waals surface area contributed by atoms with E-state index in [-0.39, 0.29) is 17.3 Å². The van der Waals surface area contributed by atoms with E-state index in [1.54, 1.807) is 6.92 Å². The number of fused-ring (bicyclic) bond motifs is 1. The number of amides is 3. The molecule has 1 fully saturated rings. The molecule has 7 nitrogen and oxygen atoms in total. The maximum atomic E-state index is 14.0. The molecule has 12 heteroatoms. The molecule has 2 aromatic carbocycles. The maximum absolute atomic E-state index is 14.0. The first-order valence-electron chi connectivity index (χ1n) is 9.35. The van der Waals surface area contributed by atoms with E-state index in [0.29, 0.717) is 15.9 Å². The summed E-state index contributed by atoms with van der Waals surface area (Å²) < 4.78 is 60.3. The molecular formula is C20H16F4N4O3S. The third-order valence-electron chi connectivity index (χ3n) is 4.76. The van der Waals surface area contributed by atoms with Gasteiger partial charge in [0, 0.05) is 17.3 Å². The van der Waals surface area contributed by atoms with Crippen molar-refractivity contribution in [1.29, 1.82) is 0 Å². The number of thiazole rings is 1. The van der Waals surface area contributed by atoms with Crippen molar-refractivity contribution >= 4 is 44.3 Å². The fraction of sp³-hybridized carbons (Fsp3) is 0.250. The van der Waals surface area contributed by atoms with Gasteiger partial charge in [0.25, 0.3) is 11.5 Å². The molecular weight excluding hydrogens is 452 g/mol. The number of alkyl halides is 3. The van der Waals surface area contributed by atoms with Crippen LogP contribution < -0.4 is 16.0 Å². The van der Waals surface area contributed by atoms with Crippen LogP contribution in [0.5, 0.6) is 0 Å². The van der Waals surface area contributed by atoms with Gasteiger partial charge < -0.3 is 15.4 Å². The van der Waals surface area contributed by atoms with Crippen LogP contribution in [0.25, 0.3) is 10.2 Å². The Morgan fingerprint density at radius 2 is 1.94 bits per heavy atom. The van der Waals surface area contributed by atoms with Gasteiger partial charge in [-0.05, 0) is 43.3 Å². The smallest absolute Gasteiger partial charge is 0.351 e. The average molecular weight is 468 g/mol. The zero-order valence-corrected chi connectivity index (χ0v) is 17.2. The lowest BCUT2D eigenvalue weighted by Crippen LogP contribution is -2.62. The molecule has 2 atom stereocenters. The van der Waals surface area contributed by atoms with Gasteiger partial charge in [-0.25, -0.2) is 14.2 Å². The highest BCUT2D eigenvalue weighted by Crippen LogP contribution is 2.45. The number of aromatic nitrogens is 1. The standard InChI is InChI=1S/C20H16F4N4O3S/c1-10-9-31-19(16(29)25-10,20(22,23)24)11-2-7-14-15(8-11)32-18(27-14)28-17(30)26-13-5-3-12(21)4-6-13/h2-8,10H,9H2,1H3,(H,25,29)(H2,26,27,28,30)/t10-,19+/m1/s1. The highest BCUT2D eigenvalue weighted by atomic mass is 32.1. The minimum Gasteiger partial charge on any atom is -0.351 e. The lowest BCUT2D eigenvalue weighted by molar-refractivity contribution is -0.281. The third-order valence-corrected chi connectivity index (χ3v) is 5.70. The SMILES string of the molecule is C[C@@H]1CO[C@](c2ccc3nc(NC(=O)Nc4ccc(F)cc4)sc3c2)(C(F)(F)F)C(=O)N1. The number of anilines is 2. The summed E-state index contributed by atoms with van der Waals surface area (Å²) in [6.45, 7) is 1.24. The Labute approximate surface area is 182 Å². The predicted octanol–water partition coefficient (Wildman–Crippen LogP) is 4.37. The second kappa shape index (κ2) is 8.02. The van der Waals surface area contributed by atoms with Gasteiger partial charge in [-0.3, -0.25) is 10.1 Å². The molecule has 0 saturated carbocycles. The number of halogens is 4. The summed E-state index contributed by atoms with van der Waals surface area (Å²) in [5, 5.41) is 7.39. The Morgan fingerprint density at radius 1 is 1.22 bits per heavy atom. The zero-order chi connectivity index (χ0) is 23.1. The van der Waals surface area contributed by atoms with E-state index in [0.717, 1.165) is 17.4 Å². The van der Waals surface area contributed by atoms with E-state index >= 15 is 0 Å². The summed E-state index contributed by atoms with van der Waals surface area (Å²) in [6, 6.07) is 7.51. The number of nitrogens with one attached hydrogen (secondary N) is 3. The van der Waals surface area contributed by atoms with Crippen LogP contribution in [0.3, 0.4) is 0 Å². The number of carbonyl (C=O) groups excluding carboxylic acids is 2. The van der Waals surface area contributed by atoms with Crippen LogP contribution in [-0.4, -0.2) is 35.7 Å². The van der Waals surface area contributed by atoms with Gasteiger partial charge in [0.1, 0.15) is 5.82 Å². The highest BCUT2D eigenvalue weighted by Gasteiger charge is 2.64. The monoisotopic (exact) mass is 468 g/mol. The predicted molar refractivity (Wildman–Crippen MR) is 110 cm³/mol. The lowest BCUT2D eigenvalue weighted by Gasteiger charge is -2.39. The summed E-state index contributed by atoms with van der Waals surface area (Å²) in [6.07, 6.45) is -4.99. The van der Waals surface area contributed by atoms with Gasteiger partial charge >= 0.3 is 12.2 Å². The van der Waals surface area contributed by atoms with Gasteiger partial charge in [-0.2, -0.15) is 13.2 Å². The molecule has 1 aliphatic heterocycles. The van der Waals surface area contributed by atoms with E-state index in [1.807, 2.05) is 0 Å².